The summed E-state index contributed by atoms with van der Waals surface area (Å²) < 4.78 is 5.37. The smallest absolute Gasteiger partial charge is 0.212 e. The summed E-state index contributed by atoms with van der Waals surface area (Å²) in [5, 5.41) is 5.88. The van der Waals surface area contributed by atoms with E-state index in [9.17, 15) is 4.79 Å². The second-order valence-corrected chi connectivity index (χ2v) is 5.42. The molecule has 0 bridgehead atoms. The van der Waals surface area contributed by atoms with Gasteiger partial charge < -0.3 is 15.4 Å². The second kappa shape index (κ2) is 7.64. The Bertz CT molecular complexity index is 658. The zero-order chi connectivity index (χ0) is 15.9. The second-order valence-electron chi connectivity index (χ2n) is 5.42. The van der Waals surface area contributed by atoms with Gasteiger partial charge >= 0.3 is 0 Å². The number of hydrogen-bond acceptors (Lipinski definition) is 6. The lowest BCUT2D eigenvalue weighted by atomic mass is 10.0. The summed E-state index contributed by atoms with van der Waals surface area (Å²) >= 11 is 0. The highest BCUT2D eigenvalue weighted by atomic mass is 16.5. The molecule has 0 saturated carbocycles. The van der Waals surface area contributed by atoms with Gasteiger partial charge in [-0.25, -0.2) is 9.97 Å². The van der Waals surface area contributed by atoms with Crippen LogP contribution in [-0.2, 0) is 9.53 Å². The molecule has 1 fully saturated rings. The summed E-state index contributed by atoms with van der Waals surface area (Å²) in [5.41, 5.74) is 1.59. The predicted octanol–water partition coefficient (Wildman–Crippen LogP) is 1.95. The molecular weight excluding hydrogens is 294 g/mol. The molecule has 7 nitrogen and oxygen atoms in total. The van der Waals surface area contributed by atoms with E-state index in [0.29, 0.717) is 18.1 Å². The number of nitrogens with zero attached hydrogens (tertiary/aromatic N) is 3. The first-order valence-corrected chi connectivity index (χ1v) is 7.65. The first-order chi connectivity index (χ1) is 11.3. The van der Waals surface area contributed by atoms with Crippen LogP contribution in [0, 0.1) is 5.92 Å². The van der Waals surface area contributed by atoms with Crippen LogP contribution in [0.4, 0.5) is 11.6 Å². The van der Waals surface area contributed by atoms with E-state index in [2.05, 4.69) is 25.6 Å². The van der Waals surface area contributed by atoms with Crippen LogP contribution >= 0.6 is 0 Å². The summed E-state index contributed by atoms with van der Waals surface area (Å²) in [6, 6.07) is 3.60. The maximum absolute atomic E-state index is 10.5. The third-order valence-corrected chi connectivity index (χ3v) is 3.81. The molecule has 3 heterocycles. The minimum Gasteiger partial charge on any atom is -0.381 e. The molecule has 7 heteroatoms. The van der Waals surface area contributed by atoms with E-state index in [-0.39, 0.29) is 0 Å². The van der Waals surface area contributed by atoms with Crippen LogP contribution in [0.3, 0.4) is 0 Å². The van der Waals surface area contributed by atoms with Gasteiger partial charge in [0.1, 0.15) is 11.6 Å². The highest BCUT2D eigenvalue weighted by molar-refractivity contribution is 5.72. The molecule has 2 aromatic rings. The lowest BCUT2D eigenvalue weighted by Crippen LogP contribution is -2.23. The normalized spacial score (nSPS) is 15.1. The van der Waals surface area contributed by atoms with Gasteiger partial charge in [-0.1, -0.05) is 0 Å². The molecule has 23 heavy (non-hydrogen) atoms. The van der Waals surface area contributed by atoms with E-state index in [0.717, 1.165) is 49.7 Å². The first-order valence-electron chi connectivity index (χ1n) is 7.65. The number of hydrogen-bond donors (Lipinski definition) is 2. The van der Waals surface area contributed by atoms with E-state index in [1.165, 1.54) is 0 Å². The van der Waals surface area contributed by atoms with Gasteiger partial charge in [0.2, 0.25) is 6.41 Å². The third kappa shape index (κ3) is 4.23. The molecule has 0 atom stereocenters. The minimum absolute atomic E-state index is 0.486. The number of pyridine rings is 1. The van der Waals surface area contributed by atoms with E-state index in [1.54, 1.807) is 24.7 Å². The number of anilines is 2. The van der Waals surface area contributed by atoms with Crippen molar-refractivity contribution in [1.82, 2.24) is 15.0 Å². The van der Waals surface area contributed by atoms with Crippen LogP contribution < -0.4 is 10.6 Å². The fourth-order valence-corrected chi connectivity index (χ4v) is 2.52. The minimum atomic E-state index is 0.486. The van der Waals surface area contributed by atoms with Crippen LogP contribution in [0.25, 0.3) is 11.3 Å². The molecule has 120 valence electrons. The number of nitrogens with one attached hydrogen (secondary N) is 2. The SMILES string of the molecule is O=CNc1cc(-c2cncc(NCC3CCOCC3)n2)ccn1. The Morgan fingerprint density at radius 1 is 1.26 bits per heavy atom. The van der Waals surface area contributed by atoms with E-state index in [4.69, 9.17) is 4.74 Å². The van der Waals surface area contributed by atoms with Gasteiger partial charge in [0.25, 0.3) is 0 Å². The van der Waals surface area contributed by atoms with Crippen molar-refractivity contribution in [3.05, 3.63) is 30.7 Å². The van der Waals surface area contributed by atoms with E-state index >= 15 is 0 Å². The number of carbonyl (C=O) groups is 1. The summed E-state index contributed by atoms with van der Waals surface area (Å²) in [6.45, 7) is 2.54. The van der Waals surface area contributed by atoms with Gasteiger partial charge in [0.05, 0.1) is 18.1 Å². The highest BCUT2D eigenvalue weighted by Gasteiger charge is 2.13. The van der Waals surface area contributed by atoms with Crippen molar-refractivity contribution in [2.45, 2.75) is 12.8 Å². The lowest BCUT2D eigenvalue weighted by Gasteiger charge is -2.22. The Labute approximate surface area is 134 Å². The van der Waals surface area contributed by atoms with Gasteiger partial charge in [-0.05, 0) is 30.9 Å². The molecule has 1 aliphatic heterocycles. The lowest BCUT2D eigenvalue weighted by molar-refractivity contribution is -0.105. The summed E-state index contributed by atoms with van der Waals surface area (Å²) in [5.74, 6) is 1.84. The summed E-state index contributed by atoms with van der Waals surface area (Å²) in [7, 11) is 0. The fraction of sp³-hybridized carbons (Fsp3) is 0.375. The van der Waals surface area contributed by atoms with Crippen molar-refractivity contribution in [2.24, 2.45) is 5.92 Å². The zero-order valence-electron chi connectivity index (χ0n) is 12.7. The van der Waals surface area contributed by atoms with E-state index < -0.39 is 0 Å². The molecule has 3 rings (SSSR count). The molecule has 0 unspecified atom stereocenters. The molecule has 0 aromatic carbocycles. The number of aromatic nitrogens is 3. The summed E-state index contributed by atoms with van der Waals surface area (Å²) in [6.07, 6.45) is 7.79. The van der Waals surface area contributed by atoms with Crippen molar-refractivity contribution < 1.29 is 9.53 Å². The molecule has 1 aliphatic rings. The van der Waals surface area contributed by atoms with Gasteiger partial charge in [0, 0.05) is 31.5 Å². The molecule has 0 spiro atoms. The first kappa shape index (κ1) is 15.4. The molecule has 1 amide bonds. The van der Waals surface area contributed by atoms with Crippen LogP contribution in [-0.4, -0.2) is 41.1 Å². The Morgan fingerprint density at radius 3 is 2.96 bits per heavy atom. The maximum Gasteiger partial charge on any atom is 0.212 e. The molecule has 0 aliphatic carbocycles. The van der Waals surface area contributed by atoms with Gasteiger partial charge in [-0.15, -0.1) is 0 Å². The molecule has 0 radical (unpaired) electrons. The number of amides is 1. The van der Waals surface area contributed by atoms with Crippen molar-refractivity contribution in [2.75, 3.05) is 30.4 Å². The van der Waals surface area contributed by atoms with Gasteiger partial charge in [-0.2, -0.15) is 0 Å². The van der Waals surface area contributed by atoms with Crippen LogP contribution in [0.1, 0.15) is 12.8 Å². The van der Waals surface area contributed by atoms with Crippen LogP contribution in [0.5, 0.6) is 0 Å². The molecule has 2 aromatic heterocycles. The Balaban J connectivity index is 1.69. The molecular formula is C16H19N5O2. The number of rotatable bonds is 6. The fourth-order valence-electron chi connectivity index (χ4n) is 2.52. The topological polar surface area (TPSA) is 89.0 Å². The van der Waals surface area contributed by atoms with Gasteiger partial charge in [0.15, 0.2) is 0 Å². The standard InChI is InChI=1S/C16H19N5O2/c22-11-20-15-7-13(1-4-18-15)14-9-17-10-16(21-14)19-8-12-2-5-23-6-3-12/h1,4,7,9-12H,2-3,5-6,8H2,(H,19,21)(H,18,20,22). The van der Waals surface area contributed by atoms with E-state index in [1.807, 2.05) is 6.07 Å². The average Bonchev–Trinajstić information content (AvgIpc) is 2.62. The molecule has 1 saturated heterocycles. The third-order valence-electron chi connectivity index (χ3n) is 3.81. The largest absolute Gasteiger partial charge is 0.381 e. The van der Waals surface area contributed by atoms with Crippen molar-refractivity contribution in [3.63, 3.8) is 0 Å². The quantitative estimate of drug-likeness (QED) is 0.792. The maximum atomic E-state index is 10.5. The van der Waals surface area contributed by atoms with Crippen LogP contribution in [0.2, 0.25) is 0 Å². The number of carbonyl (C=O) groups excluding carboxylic acids is 1. The van der Waals surface area contributed by atoms with Crippen molar-refractivity contribution in [1.29, 1.82) is 0 Å². The number of ether oxygens (including phenoxy) is 1. The Hall–Kier alpha value is -2.54. The summed E-state index contributed by atoms with van der Waals surface area (Å²) in [4.78, 5) is 23.4. The Kier molecular flexibility index (Phi) is 5.10. The molecule has 2 N–H and O–H groups in total. The van der Waals surface area contributed by atoms with Crippen LogP contribution in [0.15, 0.2) is 30.7 Å². The monoisotopic (exact) mass is 313 g/mol. The van der Waals surface area contributed by atoms with Crippen molar-refractivity contribution in [3.8, 4) is 11.3 Å². The average molecular weight is 313 g/mol. The highest BCUT2D eigenvalue weighted by Crippen LogP contribution is 2.20. The van der Waals surface area contributed by atoms with Gasteiger partial charge in [-0.3, -0.25) is 9.78 Å². The zero-order valence-corrected chi connectivity index (χ0v) is 12.7. The Morgan fingerprint density at radius 2 is 2.13 bits per heavy atom. The van der Waals surface area contributed by atoms with Crippen molar-refractivity contribution >= 4 is 18.0 Å². The predicted molar refractivity (Wildman–Crippen MR) is 87.0 cm³/mol.